The Balaban J connectivity index is 2.17. The normalized spacial score (nSPS) is 18.3. The summed E-state index contributed by atoms with van der Waals surface area (Å²) in [7, 11) is 2.17. The smallest absolute Gasteiger partial charge is 0.0702 e. The SMILES string of the molecule is CCCC(C)c1ccc(N2CCN(C)CC2)c(CO)c1. The predicted molar refractivity (Wildman–Crippen MR) is 85.4 cm³/mol. The van der Waals surface area contributed by atoms with Crippen molar-refractivity contribution in [1.29, 1.82) is 0 Å². The molecule has 0 amide bonds. The number of piperazine rings is 1. The molecule has 0 bridgehead atoms. The zero-order chi connectivity index (χ0) is 14.5. The summed E-state index contributed by atoms with van der Waals surface area (Å²) in [6.45, 7) is 8.92. The maximum absolute atomic E-state index is 9.70. The number of hydrogen-bond donors (Lipinski definition) is 1. The quantitative estimate of drug-likeness (QED) is 0.896. The topological polar surface area (TPSA) is 26.7 Å². The van der Waals surface area contributed by atoms with Crippen molar-refractivity contribution in [3.05, 3.63) is 29.3 Å². The van der Waals surface area contributed by atoms with E-state index in [1.54, 1.807) is 0 Å². The summed E-state index contributed by atoms with van der Waals surface area (Å²) in [6, 6.07) is 6.65. The molecule has 0 aliphatic carbocycles. The molecule has 112 valence electrons. The second-order valence-corrected chi connectivity index (χ2v) is 6.03. The van der Waals surface area contributed by atoms with Crippen molar-refractivity contribution in [3.63, 3.8) is 0 Å². The van der Waals surface area contributed by atoms with E-state index in [1.807, 2.05) is 0 Å². The van der Waals surface area contributed by atoms with Crippen LogP contribution in [0.25, 0.3) is 0 Å². The molecule has 1 unspecified atom stereocenters. The van der Waals surface area contributed by atoms with E-state index >= 15 is 0 Å². The molecule has 1 aromatic carbocycles. The summed E-state index contributed by atoms with van der Waals surface area (Å²) in [4.78, 5) is 4.76. The number of likely N-dealkylation sites (N-methyl/N-ethyl adjacent to an activating group) is 1. The maximum atomic E-state index is 9.70. The van der Waals surface area contributed by atoms with Gasteiger partial charge in [-0.05, 0) is 31.0 Å². The summed E-state index contributed by atoms with van der Waals surface area (Å²) in [6.07, 6.45) is 2.41. The fraction of sp³-hybridized carbons (Fsp3) is 0.647. The molecule has 3 nitrogen and oxygen atoms in total. The van der Waals surface area contributed by atoms with Crippen LogP contribution >= 0.6 is 0 Å². The number of nitrogens with zero attached hydrogens (tertiary/aromatic N) is 2. The summed E-state index contributed by atoms with van der Waals surface area (Å²) >= 11 is 0. The monoisotopic (exact) mass is 276 g/mol. The molecule has 1 heterocycles. The van der Waals surface area contributed by atoms with Gasteiger partial charge in [0.15, 0.2) is 0 Å². The molecule has 0 spiro atoms. The summed E-state index contributed by atoms with van der Waals surface area (Å²) in [5.41, 5.74) is 3.65. The van der Waals surface area contributed by atoms with Gasteiger partial charge < -0.3 is 14.9 Å². The van der Waals surface area contributed by atoms with Gasteiger partial charge in [-0.25, -0.2) is 0 Å². The van der Waals surface area contributed by atoms with Gasteiger partial charge in [0, 0.05) is 37.4 Å². The summed E-state index contributed by atoms with van der Waals surface area (Å²) < 4.78 is 0. The van der Waals surface area contributed by atoms with Crippen LogP contribution in [0.15, 0.2) is 18.2 Å². The molecule has 2 rings (SSSR count). The highest BCUT2D eigenvalue weighted by atomic mass is 16.3. The van der Waals surface area contributed by atoms with Crippen LogP contribution in [0.3, 0.4) is 0 Å². The average molecular weight is 276 g/mol. The average Bonchev–Trinajstić information content (AvgIpc) is 2.47. The number of anilines is 1. The van der Waals surface area contributed by atoms with E-state index in [9.17, 15) is 5.11 Å². The highest BCUT2D eigenvalue weighted by Crippen LogP contribution is 2.28. The van der Waals surface area contributed by atoms with Gasteiger partial charge >= 0.3 is 0 Å². The molecule has 1 aromatic rings. The van der Waals surface area contributed by atoms with E-state index in [-0.39, 0.29) is 6.61 Å². The van der Waals surface area contributed by atoms with Crippen molar-refractivity contribution < 1.29 is 5.11 Å². The molecule has 1 N–H and O–H groups in total. The number of rotatable bonds is 5. The third-order valence-corrected chi connectivity index (χ3v) is 4.41. The molecule has 0 radical (unpaired) electrons. The Labute approximate surface area is 123 Å². The first kappa shape index (κ1) is 15.3. The van der Waals surface area contributed by atoms with E-state index < -0.39 is 0 Å². The molecule has 1 fully saturated rings. The lowest BCUT2D eigenvalue weighted by Gasteiger charge is -2.35. The van der Waals surface area contributed by atoms with Crippen LogP contribution in [-0.2, 0) is 6.61 Å². The standard InChI is InChI=1S/C17H28N2O/c1-4-5-14(2)15-6-7-17(16(12-15)13-20)19-10-8-18(3)9-11-19/h6-7,12,14,20H,4-5,8-11,13H2,1-3H3. The van der Waals surface area contributed by atoms with Gasteiger partial charge in [-0.15, -0.1) is 0 Å². The Morgan fingerprint density at radius 2 is 1.90 bits per heavy atom. The first-order valence-corrected chi connectivity index (χ1v) is 7.82. The third-order valence-electron chi connectivity index (χ3n) is 4.41. The molecule has 1 aliphatic rings. The van der Waals surface area contributed by atoms with Crippen molar-refractivity contribution in [2.75, 3.05) is 38.1 Å². The summed E-state index contributed by atoms with van der Waals surface area (Å²) in [5.74, 6) is 0.576. The van der Waals surface area contributed by atoms with Crippen LogP contribution in [0.1, 0.15) is 43.7 Å². The molecule has 1 atom stereocenters. The zero-order valence-corrected chi connectivity index (χ0v) is 13.1. The van der Waals surface area contributed by atoms with Crippen molar-refractivity contribution in [2.24, 2.45) is 0 Å². The highest BCUT2D eigenvalue weighted by molar-refractivity contribution is 5.55. The number of aliphatic hydroxyl groups is 1. The van der Waals surface area contributed by atoms with E-state index in [2.05, 4.69) is 48.9 Å². The van der Waals surface area contributed by atoms with Gasteiger partial charge in [0.1, 0.15) is 0 Å². The molecular formula is C17H28N2O. The van der Waals surface area contributed by atoms with Crippen LogP contribution < -0.4 is 4.90 Å². The first-order valence-electron chi connectivity index (χ1n) is 7.82. The van der Waals surface area contributed by atoms with Gasteiger partial charge in [-0.1, -0.05) is 32.4 Å². The van der Waals surface area contributed by atoms with Gasteiger partial charge in [-0.2, -0.15) is 0 Å². The van der Waals surface area contributed by atoms with Crippen LogP contribution in [0.2, 0.25) is 0 Å². The second-order valence-electron chi connectivity index (χ2n) is 6.03. The molecule has 0 saturated carbocycles. The predicted octanol–water partition coefficient (Wildman–Crippen LogP) is 2.83. The van der Waals surface area contributed by atoms with E-state index in [1.165, 1.54) is 24.1 Å². The number of benzene rings is 1. The largest absolute Gasteiger partial charge is 0.392 e. The van der Waals surface area contributed by atoms with Crippen LogP contribution in [-0.4, -0.2) is 43.2 Å². The highest BCUT2D eigenvalue weighted by Gasteiger charge is 2.17. The Kier molecular flexibility index (Phi) is 5.44. The van der Waals surface area contributed by atoms with E-state index in [0.717, 1.165) is 31.7 Å². The molecule has 20 heavy (non-hydrogen) atoms. The minimum atomic E-state index is 0.133. The van der Waals surface area contributed by atoms with Crippen molar-refractivity contribution >= 4 is 5.69 Å². The minimum absolute atomic E-state index is 0.133. The first-order chi connectivity index (χ1) is 9.65. The lowest BCUT2D eigenvalue weighted by atomic mass is 9.94. The van der Waals surface area contributed by atoms with Crippen molar-refractivity contribution in [3.8, 4) is 0 Å². The van der Waals surface area contributed by atoms with Crippen LogP contribution in [0.4, 0.5) is 5.69 Å². The summed E-state index contributed by atoms with van der Waals surface area (Å²) in [5, 5.41) is 9.70. The second kappa shape index (κ2) is 7.09. The Bertz CT molecular complexity index is 425. The van der Waals surface area contributed by atoms with E-state index in [4.69, 9.17) is 0 Å². The Hall–Kier alpha value is -1.06. The van der Waals surface area contributed by atoms with E-state index in [0.29, 0.717) is 5.92 Å². The maximum Gasteiger partial charge on any atom is 0.0702 e. The molecular weight excluding hydrogens is 248 g/mol. The Morgan fingerprint density at radius 1 is 1.20 bits per heavy atom. The molecule has 3 heteroatoms. The van der Waals surface area contributed by atoms with Gasteiger partial charge in [0.2, 0.25) is 0 Å². The molecule has 0 aromatic heterocycles. The number of aliphatic hydroxyl groups excluding tert-OH is 1. The molecule has 1 aliphatic heterocycles. The fourth-order valence-electron chi connectivity index (χ4n) is 2.99. The lowest BCUT2D eigenvalue weighted by molar-refractivity contribution is 0.280. The lowest BCUT2D eigenvalue weighted by Crippen LogP contribution is -2.44. The van der Waals surface area contributed by atoms with Gasteiger partial charge in [0.05, 0.1) is 6.61 Å². The minimum Gasteiger partial charge on any atom is -0.392 e. The molecule has 1 saturated heterocycles. The Morgan fingerprint density at radius 3 is 2.50 bits per heavy atom. The van der Waals surface area contributed by atoms with Crippen LogP contribution in [0, 0.1) is 0 Å². The third kappa shape index (κ3) is 3.53. The van der Waals surface area contributed by atoms with Crippen molar-refractivity contribution in [2.45, 2.75) is 39.2 Å². The van der Waals surface area contributed by atoms with Gasteiger partial charge in [-0.3, -0.25) is 0 Å². The fourth-order valence-corrected chi connectivity index (χ4v) is 2.99. The zero-order valence-electron chi connectivity index (χ0n) is 13.1. The van der Waals surface area contributed by atoms with Crippen molar-refractivity contribution in [1.82, 2.24) is 4.90 Å². The number of hydrogen-bond acceptors (Lipinski definition) is 3. The van der Waals surface area contributed by atoms with Gasteiger partial charge in [0.25, 0.3) is 0 Å². The van der Waals surface area contributed by atoms with Crippen LogP contribution in [0.5, 0.6) is 0 Å².